The topological polar surface area (TPSA) is 55.8 Å². The molecule has 0 atom stereocenters. The molecule has 0 saturated carbocycles. The second-order valence-electron chi connectivity index (χ2n) is 6.45. The molecule has 1 fully saturated rings. The minimum Gasteiger partial charge on any atom is -0.490 e. The number of halogens is 1. The van der Waals surface area contributed by atoms with Gasteiger partial charge in [-0.3, -0.25) is 14.5 Å². The van der Waals surface area contributed by atoms with E-state index in [1.807, 2.05) is 57.2 Å². The van der Waals surface area contributed by atoms with Crippen LogP contribution >= 0.6 is 34.4 Å². The number of thioether (sulfide) groups is 1. The number of rotatable bonds is 7. The number of hydrogen-bond donors (Lipinski definition) is 0. The summed E-state index contributed by atoms with van der Waals surface area (Å²) >= 11 is 3.15. The molecule has 5 nitrogen and oxygen atoms in total. The first-order chi connectivity index (χ1) is 13.9. The van der Waals surface area contributed by atoms with Gasteiger partial charge in [0, 0.05) is 0 Å². The van der Waals surface area contributed by atoms with Crippen LogP contribution in [0.1, 0.15) is 30.5 Å². The van der Waals surface area contributed by atoms with Gasteiger partial charge in [-0.05, 0) is 84.5 Å². The number of aryl methyl sites for hydroxylation is 1. The van der Waals surface area contributed by atoms with E-state index >= 15 is 0 Å². The molecule has 0 bridgehead atoms. The van der Waals surface area contributed by atoms with Crippen molar-refractivity contribution in [3.8, 4) is 11.5 Å². The Morgan fingerprint density at radius 2 is 1.86 bits per heavy atom. The quantitative estimate of drug-likeness (QED) is 0.348. The molecule has 3 rings (SSSR count). The average molecular weight is 523 g/mol. The van der Waals surface area contributed by atoms with E-state index in [9.17, 15) is 9.59 Å². The van der Waals surface area contributed by atoms with Gasteiger partial charge >= 0.3 is 0 Å². The highest BCUT2D eigenvalue weighted by atomic mass is 127. The molecule has 0 spiro atoms. The van der Waals surface area contributed by atoms with Crippen molar-refractivity contribution in [2.45, 2.75) is 27.3 Å². The van der Waals surface area contributed by atoms with Gasteiger partial charge < -0.3 is 9.47 Å². The molecule has 0 radical (unpaired) electrons. The maximum Gasteiger partial charge on any atom is 0.293 e. The second-order valence-corrected chi connectivity index (χ2v) is 8.61. The molecule has 0 unspecified atom stereocenters. The van der Waals surface area contributed by atoms with Crippen LogP contribution in [0.15, 0.2) is 41.3 Å². The molecule has 2 amide bonds. The molecule has 0 aromatic heterocycles. The summed E-state index contributed by atoms with van der Waals surface area (Å²) in [5.74, 6) is 1.05. The van der Waals surface area contributed by atoms with E-state index in [0.717, 1.165) is 32.0 Å². The van der Waals surface area contributed by atoms with Crippen molar-refractivity contribution in [2.24, 2.45) is 0 Å². The Morgan fingerprint density at radius 3 is 2.55 bits per heavy atom. The van der Waals surface area contributed by atoms with Gasteiger partial charge in [-0.25, -0.2) is 0 Å². The zero-order valence-corrected chi connectivity index (χ0v) is 19.5. The van der Waals surface area contributed by atoms with Crippen LogP contribution in [-0.4, -0.2) is 29.3 Å². The molecule has 0 N–H and O–H groups in total. The molecule has 1 aliphatic rings. The van der Waals surface area contributed by atoms with Gasteiger partial charge in [0.25, 0.3) is 11.1 Å². The van der Waals surface area contributed by atoms with Gasteiger partial charge in [-0.2, -0.15) is 0 Å². The molecular formula is C22H22INO4S. The first-order valence-electron chi connectivity index (χ1n) is 9.33. The van der Waals surface area contributed by atoms with E-state index in [1.54, 1.807) is 6.08 Å². The van der Waals surface area contributed by atoms with E-state index in [4.69, 9.17) is 9.47 Å². The van der Waals surface area contributed by atoms with Gasteiger partial charge in [0.2, 0.25) is 0 Å². The van der Waals surface area contributed by atoms with E-state index in [-0.39, 0.29) is 17.7 Å². The lowest BCUT2D eigenvalue weighted by Gasteiger charge is -2.14. The third-order valence-corrected chi connectivity index (χ3v) is 5.92. The van der Waals surface area contributed by atoms with Crippen LogP contribution in [0.5, 0.6) is 11.5 Å². The smallest absolute Gasteiger partial charge is 0.293 e. The fourth-order valence-electron chi connectivity index (χ4n) is 3.00. The highest BCUT2D eigenvalue weighted by molar-refractivity contribution is 14.1. The molecule has 1 saturated heterocycles. The van der Waals surface area contributed by atoms with Crippen LogP contribution in [-0.2, 0) is 11.3 Å². The number of ether oxygens (including phenoxy) is 2. The number of nitrogens with zero attached hydrogens (tertiary/aromatic N) is 1. The molecule has 152 valence electrons. The van der Waals surface area contributed by atoms with Crippen molar-refractivity contribution in [1.29, 1.82) is 0 Å². The summed E-state index contributed by atoms with van der Waals surface area (Å²) in [6, 6.07) is 11.6. The molecule has 2 aromatic carbocycles. The Hall–Kier alpha value is -2.00. The highest BCUT2D eigenvalue weighted by Crippen LogP contribution is 2.37. The molecule has 7 heteroatoms. The Labute approximate surface area is 188 Å². The summed E-state index contributed by atoms with van der Waals surface area (Å²) < 4.78 is 12.3. The van der Waals surface area contributed by atoms with Crippen molar-refractivity contribution in [1.82, 2.24) is 4.90 Å². The molecule has 2 aromatic rings. The Balaban J connectivity index is 1.87. The Kier molecular flexibility index (Phi) is 7.23. The summed E-state index contributed by atoms with van der Waals surface area (Å²) in [6.45, 7) is 7.13. The Morgan fingerprint density at radius 1 is 1.10 bits per heavy atom. The van der Waals surface area contributed by atoms with Crippen molar-refractivity contribution >= 4 is 51.6 Å². The standard InChI is InChI=1S/C22H22INO4S/c1-4-27-18-11-16(10-17(23)20(18)28-5-2)12-19-21(25)24(22(26)29-19)13-15-8-6-7-14(3)9-15/h6-12H,4-5,13H2,1-3H3/b19-12+. The normalized spacial score (nSPS) is 15.3. The number of benzene rings is 2. The maximum atomic E-state index is 12.8. The van der Waals surface area contributed by atoms with Crippen LogP contribution in [0.3, 0.4) is 0 Å². The van der Waals surface area contributed by atoms with Crippen molar-refractivity contribution in [3.63, 3.8) is 0 Å². The Bertz CT molecular complexity index is 973. The maximum absolute atomic E-state index is 12.8. The van der Waals surface area contributed by atoms with Crippen LogP contribution < -0.4 is 9.47 Å². The second kappa shape index (κ2) is 9.67. The van der Waals surface area contributed by atoms with Gasteiger partial charge in [0.1, 0.15) is 0 Å². The van der Waals surface area contributed by atoms with Gasteiger partial charge in [-0.15, -0.1) is 0 Å². The van der Waals surface area contributed by atoms with Gasteiger partial charge in [0.05, 0.1) is 28.2 Å². The molecule has 1 heterocycles. The number of carbonyl (C=O) groups is 2. The number of amides is 2. The number of carbonyl (C=O) groups excluding carboxylic acids is 2. The molecular weight excluding hydrogens is 501 g/mol. The summed E-state index contributed by atoms with van der Waals surface area (Å²) in [5, 5.41) is -0.256. The van der Waals surface area contributed by atoms with Crippen LogP contribution in [0.2, 0.25) is 0 Å². The van der Waals surface area contributed by atoms with E-state index in [0.29, 0.717) is 29.6 Å². The highest BCUT2D eigenvalue weighted by Gasteiger charge is 2.35. The van der Waals surface area contributed by atoms with Crippen LogP contribution in [0.4, 0.5) is 4.79 Å². The summed E-state index contributed by atoms with van der Waals surface area (Å²) in [7, 11) is 0. The molecule has 1 aliphatic heterocycles. The average Bonchev–Trinajstić information content (AvgIpc) is 2.92. The van der Waals surface area contributed by atoms with Crippen molar-refractivity contribution in [2.75, 3.05) is 13.2 Å². The fourth-order valence-corrected chi connectivity index (χ4v) is 4.62. The zero-order chi connectivity index (χ0) is 21.0. The van der Waals surface area contributed by atoms with Crippen LogP contribution in [0.25, 0.3) is 6.08 Å². The minimum atomic E-state index is -0.275. The van der Waals surface area contributed by atoms with E-state index < -0.39 is 0 Å². The van der Waals surface area contributed by atoms with Crippen LogP contribution in [0, 0.1) is 10.5 Å². The third kappa shape index (κ3) is 5.14. The number of imide groups is 1. The molecule has 29 heavy (non-hydrogen) atoms. The molecule has 0 aliphatic carbocycles. The van der Waals surface area contributed by atoms with Gasteiger partial charge in [0.15, 0.2) is 11.5 Å². The lowest BCUT2D eigenvalue weighted by atomic mass is 10.1. The SMILES string of the molecule is CCOc1cc(/C=C2/SC(=O)N(Cc3cccc(C)c3)C2=O)cc(I)c1OCC. The monoisotopic (exact) mass is 523 g/mol. The first kappa shape index (κ1) is 21.7. The van der Waals surface area contributed by atoms with Crippen molar-refractivity contribution in [3.05, 3.63) is 61.6 Å². The summed E-state index contributed by atoms with van der Waals surface area (Å²) in [5.41, 5.74) is 2.82. The largest absolute Gasteiger partial charge is 0.490 e. The fraction of sp³-hybridized carbons (Fsp3) is 0.273. The predicted molar refractivity (Wildman–Crippen MR) is 124 cm³/mol. The van der Waals surface area contributed by atoms with Gasteiger partial charge in [-0.1, -0.05) is 29.8 Å². The minimum absolute atomic E-state index is 0.256. The van der Waals surface area contributed by atoms with E-state index in [2.05, 4.69) is 22.6 Å². The first-order valence-corrected chi connectivity index (χ1v) is 11.2. The number of hydrogen-bond acceptors (Lipinski definition) is 5. The zero-order valence-electron chi connectivity index (χ0n) is 16.5. The van der Waals surface area contributed by atoms with E-state index in [1.165, 1.54) is 4.90 Å². The predicted octanol–water partition coefficient (Wildman–Crippen LogP) is 5.63. The summed E-state index contributed by atoms with van der Waals surface area (Å²) in [6.07, 6.45) is 1.74. The summed E-state index contributed by atoms with van der Waals surface area (Å²) in [4.78, 5) is 27.0. The lowest BCUT2D eigenvalue weighted by molar-refractivity contribution is -0.123. The lowest BCUT2D eigenvalue weighted by Crippen LogP contribution is -2.27. The van der Waals surface area contributed by atoms with Crippen molar-refractivity contribution < 1.29 is 19.1 Å². The third-order valence-electron chi connectivity index (χ3n) is 4.21.